The maximum absolute atomic E-state index is 11.9. The average molecular weight is 280 g/mol. The summed E-state index contributed by atoms with van der Waals surface area (Å²) >= 11 is 0. The second-order valence-corrected chi connectivity index (χ2v) is 4.62. The van der Waals surface area contributed by atoms with Gasteiger partial charge in [-0.05, 0) is 17.5 Å². The minimum atomic E-state index is -0.725. The van der Waals surface area contributed by atoms with Gasteiger partial charge < -0.3 is 4.42 Å². The average Bonchev–Trinajstić information content (AvgIpc) is 2.36. The third-order valence-electron chi connectivity index (χ3n) is 3.07. The number of hydrogen-bond acceptors (Lipinski definition) is 4. The molecule has 0 saturated carbocycles. The van der Waals surface area contributed by atoms with Crippen molar-refractivity contribution in [3.8, 4) is 0 Å². The maximum atomic E-state index is 11.9. The lowest BCUT2D eigenvalue weighted by Gasteiger charge is -2.05. The van der Waals surface area contributed by atoms with Crippen LogP contribution in [0.25, 0.3) is 11.1 Å². The molecule has 1 aromatic carbocycles. The zero-order valence-electron chi connectivity index (χ0n) is 10.8. The molecule has 0 aliphatic heterocycles. The van der Waals surface area contributed by atoms with Gasteiger partial charge in [0.2, 0.25) is 5.71 Å². The molecule has 21 heavy (non-hydrogen) atoms. The monoisotopic (exact) mass is 280 g/mol. The summed E-state index contributed by atoms with van der Waals surface area (Å²) < 4.78 is 4.87. The van der Waals surface area contributed by atoms with Crippen molar-refractivity contribution in [2.24, 2.45) is 0 Å². The number of H-pyrrole nitrogens is 2. The largest absolute Gasteiger partial charge is 0.405 e. The van der Waals surface area contributed by atoms with Crippen LogP contribution in [0.2, 0.25) is 0 Å². The predicted octanol–water partition coefficient (Wildman–Crippen LogP) is -0.446. The van der Waals surface area contributed by atoms with E-state index in [4.69, 9.17) is 12.3 Å². The quantitative estimate of drug-likeness (QED) is 0.622. The van der Waals surface area contributed by atoms with Crippen LogP contribution in [0.15, 0.2) is 49.1 Å². The molecule has 7 heteroatoms. The smallest absolute Gasteiger partial charge is 0.337 e. The van der Waals surface area contributed by atoms with Gasteiger partial charge in [-0.2, -0.15) is 0 Å². The molecule has 2 aromatic heterocycles. The molecular weight excluding hydrogens is 271 g/mol. The Kier molecular flexibility index (Phi) is 3.10. The molecule has 0 atom stereocenters. The van der Waals surface area contributed by atoms with E-state index in [1.807, 2.05) is 6.07 Å². The molecule has 0 aliphatic carbocycles. The van der Waals surface area contributed by atoms with E-state index in [2.05, 4.69) is 9.97 Å². The fraction of sp³-hybridized carbons (Fsp3) is 0.0714. The Morgan fingerprint density at radius 1 is 1.10 bits per heavy atom. The molecule has 0 saturated heterocycles. The van der Waals surface area contributed by atoms with Crippen molar-refractivity contribution >= 4 is 24.4 Å². The third-order valence-corrected chi connectivity index (χ3v) is 3.07. The van der Waals surface area contributed by atoms with Gasteiger partial charge in [0.15, 0.2) is 0 Å². The molecule has 0 bridgehead atoms. The van der Waals surface area contributed by atoms with Crippen molar-refractivity contribution in [1.29, 1.82) is 0 Å². The Morgan fingerprint density at radius 2 is 1.90 bits per heavy atom. The molecule has 0 unspecified atom stereocenters. The number of nitrogens with one attached hydrogen (secondary N) is 2. The van der Waals surface area contributed by atoms with Gasteiger partial charge in [-0.25, -0.2) is 9.59 Å². The van der Waals surface area contributed by atoms with Gasteiger partial charge >= 0.3 is 11.3 Å². The first-order chi connectivity index (χ1) is 10.0. The van der Waals surface area contributed by atoms with E-state index in [9.17, 15) is 14.4 Å². The Bertz CT molecular complexity index is 995. The Morgan fingerprint density at radius 3 is 2.67 bits per heavy atom. The van der Waals surface area contributed by atoms with Crippen molar-refractivity contribution < 1.29 is 4.42 Å². The Balaban J connectivity index is 2.25. The summed E-state index contributed by atoms with van der Waals surface area (Å²) in [4.78, 5) is 39.1. The van der Waals surface area contributed by atoms with Gasteiger partial charge in [0.05, 0.1) is 0 Å². The zero-order chi connectivity index (χ0) is 15.0. The molecular formula is C14H9BN2O4. The first-order valence-electron chi connectivity index (χ1n) is 6.17. The summed E-state index contributed by atoms with van der Waals surface area (Å²) in [6.45, 7) is 0. The van der Waals surface area contributed by atoms with Crippen LogP contribution in [0.1, 0.15) is 11.1 Å². The minimum Gasteiger partial charge on any atom is -0.405 e. The van der Waals surface area contributed by atoms with Crippen LogP contribution >= 0.6 is 0 Å². The van der Waals surface area contributed by atoms with E-state index in [-0.39, 0.29) is 11.1 Å². The fourth-order valence-corrected chi connectivity index (χ4v) is 2.24. The molecule has 102 valence electrons. The number of hydrogen-bond donors (Lipinski definition) is 2. The van der Waals surface area contributed by atoms with Crippen LogP contribution < -0.4 is 22.3 Å². The highest BCUT2D eigenvalue weighted by Gasteiger charge is 2.11. The first kappa shape index (κ1) is 13.2. The maximum Gasteiger partial charge on any atom is 0.337 e. The van der Waals surface area contributed by atoms with Crippen molar-refractivity contribution in [3.63, 3.8) is 0 Å². The SMILES string of the molecule is [B]c1cccc(Cc2cc(=O)oc3[nH]c(=O)[nH]c(=O)c23)c1. The number of benzene rings is 1. The van der Waals surface area contributed by atoms with Crippen LogP contribution in [0.5, 0.6) is 0 Å². The summed E-state index contributed by atoms with van der Waals surface area (Å²) in [6, 6.07) is 8.34. The second-order valence-electron chi connectivity index (χ2n) is 4.62. The van der Waals surface area contributed by atoms with E-state index >= 15 is 0 Å². The van der Waals surface area contributed by atoms with E-state index < -0.39 is 16.9 Å². The molecule has 0 fully saturated rings. The molecule has 3 aromatic rings. The van der Waals surface area contributed by atoms with Gasteiger partial charge in [-0.1, -0.05) is 29.7 Å². The first-order valence-corrected chi connectivity index (χ1v) is 6.17. The lowest BCUT2D eigenvalue weighted by atomic mass is 9.92. The van der Waals surface area contributed by atoms with Gasteiger partial charge in [0.1, 0.15) is 13.2 Å². The highest BCUT2D eigenvalue weighted by atomic mass is 16.4. The standard InChI is InChI=1S/C14H9BN2O4/c15-9-3-1-2-7(5-9)4-8-6-10(18)21-13-11(8)12(19)16-14(20)17-13/h1-3,5-6H,4H2,(H2,16,17,19,20). The van der Waals surface area contributed by atoms with Crippen molar-refractivity contribution in [3.05, 3.63) is 72.7 Å². The summed E-state index contributed by atoms with van der Waals surface area (Å²) in [5.74, 6) is 0. The zero-order valence-corrected chi connectivity index (χ0v) is 10.8. The highest BCUT2D eigenvalue weighted by Crippen LogP contribution is 2.13. The van der Waals surface area contributed by atoms with Crippen LogP contribution in [0, 0.1) is 0 Å². The molecule has 6 nitrogen and oxygen atoms in total. The summed E-state index contributed by atoms with van der Waals surface area (Å²) in [5, 5.41) is 0.150. The molecule has 2 heterocycles. The molecule has 3 rings (SSSR count). The van der Waals surface area contributed by atoms with Gasteiger partial charge in [0, 0.05) is 6.07 Å². The van der Waals surface area contributed by atoms with Crippen molar-refractivity contribution in [1.82, 2.24) is 9.97 Å². The summed E-state index contributed by atoms with van der Waals surface area (Å²) in [7, 11) is 5.71. The van der Waals surface area contributed by atoms with Crippen molar-refractivity contribution in [2.75, 3.05) is 0 Å². The summed E-state index contributed by atoms with van der Waals surface area (Å²) in [6.07, 6.45) is 0.322. The van der Waals surface area contributed by atoms with E-state index in [0.29, 0.717) is 17.4 Å². The molecule has 2 radical (unpaired) electrons. The van der Waals surface area contributed by atoms with Crippen LogP contribution in [0.3, 0.4) is 0 Å². The number of fused-ring (bicyclic) bond motifs is 1. The topological polar surface area (TPSA) is 95.9 Å². The van der Waals surface area contributed by atoms with E-state index in [1.165, 1.54) is 6.07 Å². The molecule has 0 spiro atoms. The third kappa shape index (κ3) is 2.58. The minimum absolute atomic E-state index is 0.129. The lowest BCUT2D eigenvalue weighted by molar-refractivity contribution is 0.545. The second kappa shape index (κ2) is 4.94. The number of aromatic nitrogens is 2. The fourth-order valence-electron chi connectivity index (χ4n) is 2.24. The normalized spacial score (nSPS) is 10.9. The molecule has 0 aliphatic rings. The Hall–Kier alpha value is -2.83. The van der Waals surface area contributed by atoms with Crippen molar-refractivity contribution in [2.45, 2.75) is 6.42 Å². The predicted molar refractivity (Wildman–Crippen MR) is 78.4 cm³/mol. The van der Waals surface area contributed by atoms with E-state index in [1.54, 1.807) is 18.2 Å². The van der Waals surface area contributed by atoms with Crippen LogP contribution in [-0.2, 0) is 6.42 Å². The van der Waals surface area contributed by atoms with E-state index in [0.717, 1.165) is 5.56 Å². The highest BCUT2D eigenvalue weighted by molar-refractivity contribution is 6.32. The van der Waals surface area contributed by atoms with Gasteiger partial charge in [0.25, 0.3) is 5.56 Å². The van der Waals surface area contributed by atoms with Gasteiger partial charge in [-0.3, -0.25) is 14.8 Å². The summed E-state index contributed by atoms with van der Waals surface area (Å²) in [5.41, 5.74) is -0.204. The lowest BCUT2D eigenvalue weighted by Crippen LogP contribution is -2.24. The van der Waals surface area contributed by atoms with Crippen LogP contribution in [-0.4, -0.2) is 17.8 Å². The Labute approximate surface area is 118 Å². The molecule has 0 amide bonds. The van der Waals surface area contributed by atoms with Gasteiger partial charge in [-0.15, -0.1) is 0 Å². The van der Waals surface area contributed by atoms with Crippen LogP contribution in [0.4, 0.5) is 0 Å². The number of aromatic amines is 2. The number of rotatable bonds is 2. The molecule has 2 N–H and O–H groups in total.